The molecule has 4 heterocycles. The normalized spacial score (nSPS) is 17.1. The molecule has 11 heteroatoms. The van der Waals surface area contributed by atoms with Crippen LogP contribution in [0, 0.1) is 11.7 Å². The fourth-order valence-electron chi connectivity index (χ4n) is 5.20. The van der Waals surface area contributed by atoms with Gasteiger partial charge in [0.1, 0.15) is 16.9 Å². The number of fused-ring (bicyclic) bond motifs is 1. The van der Waals surface area contributed by atoms with E-state index in [4.69, 9.17) is 4.74 Å². The third-order valence-corrected chi connectivity index (χ3v) is 7.68. The van der Waals surface area contributed by atoms with Gasteiger partial charge in [0.05, 0.1) is 11.7 Å². The van der Waals surface area contributed by atoms with Crippen molar-refractivity contribution < 1.29 is 13.9 Å². The molecule has 1 aliphatic carbocycles. The van der Waals surface area contributed by atoms with Gasteiger partial charge in [-0.3, -0.25) is 9.58 Å². The Hall–Kier alpha value is -3.99. The SMILES string of the molecule is CC(c1ccnc(Nc2nc3c(F)cc(-c4cnn(CC5CC5)c4)cc3[nH]2)c1)N1CCN(C(=O)OC(C)(C)C)CC1. The second-order valence-corrected chi connectivity index (χ2v) is 12.1. The van der Waals surface area contributed by atoms with E-state index in [1.54, 1.807) is 17.3 Å². The minimum atomic E-state index is -0.505. The van der Waals surface area contributed by atoms with Crippen LogP contribution in [0.5, 0.6) is 0 Å². The number of carbonyl (C=O) groups is 1. The number of H-pyrrole nitrogens is 1. The van der Waals surface area contributed by atoms with Gasteiger partial charge in [-0.2, -0.15) is 5.10 Å². The van der Waals surface area contributed by atoms with Gasteiger partial charge in [0.15, 0.2) is 5.82 Å². The Morgan fingerprint density at radius 1 is 1.17 bits per heavy atom. The van der Waals surface area contributed by atoms with E-state index in [2.05, 4.69) is 37.2 Å². The molecule has 1 saturated carbocycles. The molecular weight excluding hydrogens is 523 g/mol. The molecule has 1 aromatic carbocycles. The third kappa shape index (κ3) is 6.35. The Morgan fingerprint density at radius 3 is 2.68 bits per heavy atom. The van der Waals surface area contributed by atoms with Crippen molar-refractivity contribution in [1.82, 2.24) is 34.5 Å². The fourth-order valence-corrected chi connectivity index (χ4v) is 5.20. The summed E-state index contributed by atoms with van der Waals surface area (Å²) in [5, 5.41) is 7.65. The highest BCUT2D eigenvalue weighted by molar-refractivity contribution is 5.84. The number of rotatable bonds is 7. The Morgan fingerprint density at radius 2 is 1.95 bits per heavy atom. The first-order chi connectivity index (χ1) is 19.6. The number of benzene rings is 1. The van der Waals surface area contributed by atoms with E-state index in [9.17, 15) is 4.79 Å². The van der Waals surface area contributed by atoms with Crippen molar-refractivity contribution in [3.63, 3.8) is 0 Å². The van der Waals surface area contributed by atoms with Crippen molar-refractivity contribution in [3.05, 3.63) is 54.2 Å². The number of carbonyl (C=O) groups excluding carboxylic acids is 1. The molecular formula is C30H37FN8O2. The highest BCUT2D eigenvalue weighted by Gasteiger charge is 2.28. The van der Waals surface area contributed by atoms with Gasteiger partial charge in [0.25, 0.3) is 0 Å². The van der Waals surface area contributed by atoms with Crippen molar-refractivity contribution >= 4 is 28.9 Å². The minimum Gasteiger partial charge on any atom is -0.444 e. The van der Waals surface area contributed by atoms with E-state index >= 15 is 4.39 Å². The first-order valence-corrected chi connectivity index (χ1v) is 14.3. The molecule has 1 aliphatic heterocycles. The van der Waals surface area contributed by atoms with E-state index in [0.29, 0.717) is 36.3 Å². The summed E-state index contributed by atoms with van der Waals surface area (Å²) in [6, 6.07) is 7.50. The van der Waals surface area contributed by atoms with Gasteiger partial charge < -0.3 is 19.9 Å². The predicted octanol–water partition coefficient (Wildman–Crippen LogP) is 5.73. The number of anilines is 2. The van der Waals surface area contributed by atoms with Gasteiger partial charge in [-0.15, -0.1) is 0 Å². The summed E-state index contributed by atoms with van der Waals surface area (Å²) in [5.41, 5.74) is 3.09. The lowest BCUT2D eigenvalue weighted by molar-refractivity contribution is 0.0110. The number of nitrogens with zero attached hydrogens (tertiary/aromatic N) is 6. The predicted molar refractivity (Wildman–Crippen MR) is 155 cm³/mol. The third-order valence-electron chi connectivity index (χ3n) is 7.68. The molecule has 1 saturated heterocycles. The molecule has 2 fully saturated rings. The number of hydrogen-bond donors (Lipinski definition) is 2. The molecule has 2 aliphatic rings. The van der Waals surface area contributed by atoms with E-state index in [-0.39, 0.29) is 17.7 Å². The first-order valence-electron chi connectivity index (χ1n) is 14.3. The van der Waals surface area contributed by atoms with Crippen LogP contribution in [0.2, 0.25) is 0 Å². The summed E-state index contributed by atoms with van der Waals surface area (Å²) in [6.45, 7) is 11.4. The van der Waals surface area contributed by atoms with E-state index < -0.39 is 11.4 Å². The number of nitrogens with one attached hydrogen (secondary N) is 2. The van der Waals surface area contributed by atoms with Gasteiger partial charge in [-0.1, -0.05) is 0 Å². The number of aromatic amines is 1. The molecule has 10 nitrogen and oxygen atoms in total. The maximum absolute atomic E-state index is 15.1. The molecule has 216 valence electrons. The lowest BCUT2D eigenvalue weighted by Crippen LogP contribution is -2.50. The van der Waals surface area contributed by atoms with Crippen LogP contribution in [-0.4, -0.2) is 72.4 Å². The molecule has 1 unspecified atom stereocenters. The van der Waals surface area contributed by atoms with Crippen LogP contribution in [0.3, 0.4) is 0 Å². The quantitative estimate of drug-likeness (QED) is 0.298. The zero-order chi connectivity index (χ0) is 28.7. The summed E-state index contributed by atoms with van der Waals surface area (Å²) in [7, 11) is 0. The average Bonchev–Trinajstić information content (AvgIpc) is 3.45. The van der Waals surface area contributed by atoms with Crippen LogP contribution < -0.4 is 5.32 Å². The van der Waals surface area contributed by atoms with Crippen LogP contribution in [0.4, 0.5) is 21.0 Å². The molecule has 1 atom stereocenters. The number of amides is 1. The molecule has 2 N–H and O–H groups in total. The van der Waals surface area contributed by atoms with Crippen LogP contribution >= 0.6 is 0 Å². The second-order valence-electron chi connectivity index (χ2n) is 12.1. The maximum atomic E-state index is 15.1. The van der Waals surface area contributed by atoms with Crippen LogP contribution in [0.1, 0.15) is 52.1 Å². The van der Waals surface area contributed by atoms with Gasteiger partial charge >= 0.3 is 6.09 Å². The summed E-state index contributed by atoms with van der Waals surface area (Å²) in [6.07, 6.45) is 7.76. The zero-order valence-electron chi connectivity index (χ0n) is 24.0. The Bertz CT molecular complexity index is 1550. The standard InChI is InChI=1S/C30H37FN8O2/c1-19(37-9-11-38(12-10-37)29(40)41-30(2,3)4)21-7-8-32-26(15-21)35-28-34-25-14-22(13-24(31)27(25)36-28)23-16-33-39(18-23)17-20-5-6-20/h7-8,13-16,18-20H,5-6,9-12,17H2,1-4H3,(H2,32,34,35,36). The Labute approximate surface area is 238 Å². The van der Waals surface area contributed by atoms with Gasteiger partial charge in [0.2, 0.25) is 5.95 Å². The number of aromatic nitrogens is 5. The Kier molecular flexibility index (Phi) is 7.14. The molecule has 3 aromatic heterocycles. The van der Waals surface area contributed by atoms with Gasteiger partial charge in [-0.25, -0.2) is 19.2 Å². The number of pyridine rings is 1. The van der Waals surface area contributed by atoms with Crippen LogP contribution in [0.25, 0.3) is 22.2 Å². The Balaban J connectivity index is 1.12. The number of ether oxygens (including phenoxy) is 1. The highest BCUT2D eigenvalue weighted by atomic mass is 19.1. The first kappa shape index (κ1) is 27.2. The topological polar surface area (TPSA) is 104 Å². The summed E-state index contributed by atoms with van der Waals surface area (Å²) >= 11 is 0. The lowest BCUT2D eigenvalue weighted by atomic mass is 10.1. The average molecular weight is 561 g/mol. The van der Waals surface area contributed by atoms with Crippen molar-refractivity contribution in [1.29, 1.82) is 0 Å². The highest BCUT2D eigenvalue weighted by Crippen LogP contribution is 2.32. The zero-order valence-corrected chi connectivity index (χ0v) is 24.0. The number of halogens is 1. The minimum absolute atomic E-state index is 0.121. The molecule has 1 amide bonds. The monoisotopic (exact) mass is 560 g/mol. The van der Waals surface area contributed by atoms with E-state index in [1.807, 2.05) is 49.8 Å². The molecule has 0 spiro atoms. The largest absolute Gasteiger partial charge is 0.444 e. The number of hydrogen-bond acceptors (Lipinski definition) is 7. The van der Waals surface area contributed by atoms with Gasteiger partial charge in [-0.05, 0) is 81.8 Å². The maximum Gasteiger partial charge on any atom is 0.410 e. The summed E-state index contributed by atoms with van der Waals surface area (Å²) in [5.74, 6) is 1.36. The molecule has 41 heavy (non-hydrogen) atoms. The summed E-state index contributed by atoms with van der Waals surface area (Å²) in [4.78, 5) is 28.6. The second kappa shape index (κ2) is 10.8. The van der Waals surface area contributed by atoms with Crippen molar-refractivity contribution in [2.75, 3.05) is 31.5 Å². The van der Waals surface area contributed by atoms with Crippen LogP contribution in [-0.2, 0) is 11.3 Å². The smallest absolute Gasteiger partial charge is 0.410 e. The molecule has 0 radical (unpaired) electrons. The van der Waals surface area contributed by atoms with Crippen molar-refractivity contribution in [3.8, 4) is 11.1 Å². The fraction of sp³-hybridized carbons (Fsp3) is 0.467. The van der Waals surface area contributed by atoms with E-state index in [1.165, 1.54) is 18.9 Å². The van der Waals surface area contributed by atoms with E-state index in [0.717, 1.165) is 36.3 Å². The number of piperazine rings is 1. The molecule has 6 rings (SSSR count). The van der Waals surface area contributed by atoms with Crippen molar-refractivity contribution in [2.24, 2.45) is 5.92 Å². The summed E-state index contributed by atoms with van der Waals surface area (Å²) < 4.78 is 22.5. The molecule has 4 aromatic rings. The number of imidazole rings is 1. The van der Waals surface area contributed by atoms with Crippen LogP contribution in [0.15, 0.2) is 42.9 Å². The van der Waals surface area contributed by atoms with Gasteiger partial charge in [0, 0.05) is 56.7 Å². The van der Waals surface area contributed by atoms with Crippen molar-refractivity contribution in [2.45, 2.75) is 58.7 Å². The molecule has 0 bridgehead atoms. The lowest BCUT2D eigenvalue weighted by Gasteiger charge is -2.38.